The summed E-state index contributed by atoms with van der Waals surface area (Å²) in [5, 5.41) is 7.35. The number of hydrogen-bond donors (Lipinski definition) is 1. The van der Waals surface area contributed by atoms with E-state index in [4.69, 9.17) is 4.74 Å². The van der Waals surface area contributed by atoms with Crippen LogP contribution in [0.2, 0.25) is 0 Å². The second kappa shape index (κ2) is 8.13. The lowest BCUT2D eigenvalue weighted by Gasteiger charge is -2.03. The molecule has 2 aromatic carbocycles. The molecule has 23 heavy (non-hydrogen) atoms. The number of ether oxygens (including phenoxy) is 1. The van der Waals surface area contributed by atoms with Gasteiger partial charge in [0.05, 0.1) is 7.11 Å². The van der Waals surface area contributed by atoms with E-state index in [1.807, 2.05) is 50.2 Å². The van der Waals surface area contributed by atoms with Gasteiger partial charge in [-0.05, 0) is 24.1 Å². The van der Waals surface area contributed by atoms with Crippen molar-refractivity contribution in [2.45, 2.75) is 27.2 Å². The zero-order valence-electron chi connectivity index (χ0n) is 14.1. The average Bonchev–Trinajstić information content (AvgIpc) is 3.13. The zero-order valence-corrected chi connectivity index (χ0v) is 14.1. The van der Waals surface area contributed by atoms with Gasteiger partial charge in [-0.3, -0.25) is 5.10 Å². The highest BCUT2D eigenvalue weighted by atomic mass is 16.5. The van der Waals surface area contributed by atoms with Gasteiger partial charge in [-0.15, -0.1) is 0 Å². The monoisotopic (exact) mass is 309 g/mol. The van der Waals surface area contributed by atoms with Gasteiger partial charge in [-0.2, -0.15) is 5.10 Å². The molecule has 1 aromatic heterocycles. The van der Waals surface area contributed by atoms with Crippen LogP contribution >= 0.6 is 0 Å². The van der Waals surface area contributed by atoms with E-state index in [0.717, 1.165) is 29.1 Å². The third kappa shape index (κ3) is 3.77. The molecule has 0 bridgehead atoms. The van der Waals surface area contributed by atoms with Crippen LogP contribution in [-0.4, -0.2) is 22.3 Å². The van der Waals surface area contributed by atoms with E-state index >= 15 is 0 Å². The standard InChI is InChI=1S/C17H17N3O.C2H6/c1-3-12-7-4-5-10-15(12)17-18-16(19-20-17)13-8-6-9-14(11-13)21-2;1-2/h4-11H,3H2,1-2H3,(H,18,19,20);1-2H3. The molecule has 0 unspecified atom stereocenters. The van der Waals surface area contributed by atoms with Crippen molar-refractivity contribution in [3.05, 3.63) is 54.1 Å². The molecule has 0 spiro atoms. The third-order valence-corrected chi connectivity index (χ3v) is 3.47. The number of benzene rings is 2. The Balaban J connectivity index is 0.000000924. The highest BCUT2D eigenvalue weighted by Gasteiger charge is 2.10. The highest BCUT2D eigenvalue weighted by molar-refractivity contribution is 5.64. The minimum absolute atomic E-state index is 0.676. The van der Waals surface area contributed by atoms with Gasteiger partial charge < -0.3 is 4.74 Å². The lowest BCUT2D eigenvalue weighted by atomic mass is 10.1. The Kier molecular flexibility index (Phi) is 5.92. The van der Waals surface area contributed by atoms with Crippen molar-refractivity contribution in [2.24, 2.45) is 0 Å². The molecule has 3 rings (SSSR count). The van der Waals surface area contributed by atoms with Gasteiger partial charge in [0.1, 0.15) is 5.75 Å². The molecule has 0 aliphatic rings. The molecule has 0 atom stereocenters. The van der Waals surface area contributed by atoms with Crippen LogP contribution in [0, 0.1) is 0 Å². The highest BCUT2D eigenvalue weighted by Crippen LogP contribution is 2.25. The third-order valence-electron chi connectivity index (χ3n) is 3.47. The number of nitrogens with zero attached hydrogens (tertiary/aromatic N) is 2. The largest absolute Gasteiger partial charge is 0.497 e. The molecule has 0 aliphatic carbocycles. The van der Waals surface area contributed by atoms with Crippen molar-refractivity contribution < 1.29 is 4.74 Å². The molecule has 1 heterocycles. The van der Waals surface area contributed by atoms with E-state index in [1.165, 1.54) is 5.56 Å². The van der Waals surface area contributed by atoms with Gasteiger partial charge in [0.15, 0.2) is 11.6 Å². The normalized spacial score (nSPS) is 9.91. The second-order valence-corrected chi connectivity index (χ2v) is 4.75. The SMILES string of the molecule is CC.CCc1ccccc1-c1nc(-c2cccc(OC)c2)n[nH]1. The molecule has 1 N–H and O–H groups in total. The summed E-state index contributed by atoms with van der Waals surface area (Å²) >= 11 is 0. The molecule has 0 saturated carbocycles. The van der Waals surface area contributed by atoms with Crippen LogP contribution in [0.1, 0.15) is 26.3 Å². The van der Waals surface area contributed by atoms with E-state index in [0.29, 0.717) is 5.82 Å². The summed E-state index contributed by atoms with van der Waals surface area (Å²) in [5.41, 5.74) is 3.29. The fourth-order valence-electron chi connectivity index (χ4n) is 2.33. The van der Waals surface area contributed by atoms with Crippen LogP contribution in [0.4, 0.5) is 0 Å². The minimum atomic E-state index is 0.676. The predicted molar refractivity (Wildman–Crippen MR) is 94.5 cm³/mol. The summed E-state index contributed by atoms with van der Waals surface area (Å²) < 4.78 is 5.24. The predicted octanol–water partition coefficient (Wildman–Crippen LogP) is 4.74. The first-order valence-electron chi connectivity index (χ1n) is 7.97. The molecule has 0 radical (unpaired) electrons. The maximum absolute atomic E-state index is 5.24. The number of rotatable bonds is 4. The lowest BCUT2D eigenvalue weighted by Crippen LogP contribution is -1.89. The van der Waals surface area contributed by atoms with Crippen molar-refractivity contribution in [1.29, 1.82) is 0 Å². The lowest BCUT2D eigenvalue weighted by molar-refractivity contribution is 0.415. The molecule has 0 fully saturated rings. The summed E-state index contributed by atoms with van der Waals surface area (Å²) in [4.78, 5) is 4.61. The number of hydrogen-bond acceptors (Lipinski definition) is 3. The quantitative estimate of drug-likeness (QED) is 0.757. The number of aryl methyl sites for hydroxylation is 1. The fraction of sp³-hybridized carbons (Fsp3) is 0.263. The minimum Gasteiger partial charge on any atom is -0.497 e. The van der Waals surface area contributed by atoms with Gasteiger partial charge in [0.2, 0.25) is 0 Å². The van der Waals surface area contributed by atoms with Crippen LogP contribution in [0.5, 0.6) is 5.75 Å². The Hall–Kier alpha value is -2.62. The second-order valence-electron chi connectivity index (χ2n) is 4.75. The molecule has 3 aromatic rings. The topological polar surface area (TPSA) is 50.8 Å². The Morgan fingerprint density at radius 2 is 1.83 bits per heavy atom. The molecule has 4 nitrogen and oxygen atoms in total. The van der Waals surface area contributed by atoms with Gasteiger partial charge in [-0.1, -0.05) is 57.2 Å². The van der Waals surface area contributed by atoms with Gasteiger partial charge in [0.25, 0.3) is 0 Å². The first kappa shape index (κ1) is 16.7. The van der Waals surface area contributed by atoms with Crippen LogP contribution in [0.15, 0.2) is 48.5 Å². The van der Waals surface area contributed by atoms with Crippen molar-refractivity contribution in [3.63, 3.8) is 0 Å². The molecular formula is C19H23N3O. The van der Waals surface area contributed by atoms with E-state index in [1.54, 1.807) is 7.11 Å². The molecular weight excluding hydrogens is 286 g/mol. The first-order chi connectivity index (χ1) is 11.3. The van der Waals surface area contributed by atoms with E-state index < -0.39 is 0 Å². The fourth-order valence-corrected chi connectivity index (χ4v) is 2.33. The van der Waals surface area contributed by atoms with Crippen molar-refractivity contribution in [3.8, 4) is 28.5 Å². The molecule has 0 aliphatic heterocycles. The van der Waals surface area contributed by atoms with E-state index in [2.05, 4.69) is 34.2 Å². The maximum Gasteiger partial charge on any atom is 0.181 e. The number of nitrogens with one attached hydrogen (secondary N) is 1. The van der Waals surface area contributed by atoms with Crippen LogP contribution in [0.25, 0.3) is 22.8 Å². The van der Waals surface area contributed by atoms with Crippen molar-refractivity contribution >= 4 is 0 Å². The maximum atomic E-state index is 5.24. The van der Waals surface area contributed by atoms with Gasteiger partial charge in [0, 0.05) is 11.1 Å². The number of aromatic amines is 1. The Morgan fingerprint density at radius 3 is 2.57 bits per heavy atom. The number of aromatic nitrogens is 3. The molecule has 120 valence electrons. The van der Waals surface area contributed by atoms with Crippen LogP contribution in [0.3, 0.4) is 0 Å². The Bertz CT molecular complexity index is 750. The van der Waals surface area contributed by atoms with Crippen molar-refractivity contribution in [1.82, 2.24) is 15.2 Å². The summed E-state index contributed by atoms with van der Waals surface area (Å²) in [6.45, 7) is 6.14. The first-order valence-corrected chi connectivity index (χ1v) is 7.97. The average molecular weight is 309 g/mol. The summed E-state index contributed by atoms with van der Waals surface area (Å²) in [6, 6.07) is 16.0. The smallest absolute Gasteiger partial charge is 0.181 e. The van der Waals surface area contributed by atoms with Crippen molar-refractivity contribution in [2.75, 3.05) is 7.11 Å². The summed E-state index contributed by atoms with van der Waals surface area (Å²) in [7, 11) is 1.65. The Morgan fingerprint density at radius 1 is 1.04 bits per heavy atom. The van der Waals surface area contributed by atoms with Gasteiger partial charge >= 0.3 is 0 Å². The summed E-state index contributed by atoms with van der Waals surface area (Å²) in [6.07, 6.45) is 0.964. The Labute approximate surface area is 137 Å². The molecule has 0 amide bonds. The van der Waals surface area contributed by atoms with Gasteiger partial charge in [-0.25, -0.2) is 4.98 Å². The van der Waals surface area contributed by atoms with Crippen LogP contribution in [-0.2, 0) is 6.42 Å². The number of H-pyrrole nitrogens is 1. The molecule has 0 saturated heterocycles. The number of methoxy groups -OCH3 is 1. The van der Waals surface area contributed by atoms with Crippen LogP contribution < -0.4 is 4.74 Å². The molecule has 4 heteroatoms. The summed E-state index contributed by atoms with van der Waals surface area (Å²) in [5.74, 6) is 2.27. The van der Waals surface area contributed by atoms with E-state index in [-0.39, 0.29) is 0 Å². The van der Waals surface area contributed by atoms with E-state index in [9.17, 15) is 0 Å². The zero-order chi connectivity index (χ0) is 16.7.